The predicted molar refractivity (Wildman–Crippen MR) is 114 cm³/mol. The molecule has 5 nitrogen and oxygen atoms in total. The van der Waals surface area contributed by atoms with Gasteiger partial charge in [0.15, 0.2) is 0 Å². The largest absolute Gasteiger partial charge is 0.348 e. The lowest BCUT2D eigenvalue weighted by Crippen LogP contribution is -2.32. The Morgan fingerprint density at radius 2 is 1.96 bits per heavy atom. The number of aromatic nitrogens is 3. The summed E-state index contributed by atoms with van der Waals surface area (Å²) in [6, 6.07) is 16.0. The van der Waals surface area contributed by atoms with Crippen molar-refractivity contribution in [1.29, 1.82) is 0 Å². The lowest BCUT2D eigenvalue weighted by atomic mass is 10.2. The van der Waals surface area contributed by atoms with Gasteiger partial charge in [-0.1, -0.05) is 36.4 Å². The van der Waals surface area contributed by atoms with Crippen molar-refractivity contribution in [2.24, 2.45) is 0 Å². The van der Waals surface area contributed by atoms with Crippen molar-refractivity contribution in [2.75, 3.05) is 6.54 Å². The second kappa shape index (κ2) is 8.08. The highest BCUT2D eigenvalue weighted by atomic mass is 32.1. The molecule has 1 atom stereocenters. The van der Waals surface area contributed by atoms with Crippen molar-refractivity contribution in [3.05, 3.63) is 81.2 Å². The fourth-order valence-electron chi connectivity index (χ4n) is 3.12. The van der Waals surface area contributed by atoms with Gasteiger partial charge in [0, 0.05) is 28.1 Å². The molecule has 28 heavy (non-hydrogen) atoms. The molecule has 0 radical (unpaired) electrons. The molecular formula is C21H20N4OS2. The van der Waals surface area contributed by atoms with E-state index < -0.39 is 0 Å². The highest BCUT2D eigenvalue weighted by Gasteiger charge is 2.20. The zero-order chi connectivity index (χ0) is 19.5. The molecule has 142 valence electrons. The van der Waals surface area contributed by atoms with Crippen molar-refractivity contribution in [3.63, 3.8) is 0 Å². The maximum absolute atomic E-state index is 12.7. The zero-order valence-electron chi connectivity index (χ0n) is 15.6. The standard InChI is InChI=1S/C21H20N4OS2/c1-14-11-15(2)25(24-14)18(19-9-6-10-27-19)12-22-20(26)17-13-28-21(23-17)16-7-4-3-5-8-16/h3-11,13,18H,12H2,1-2H3,(H,22,26). The molecular weight excluding hydrogens is 388 g/mol. The third-order valence-electron chi connectivity index (χ3n) is 4.42. The van der Waals surface area contributed by atoms with Crippen molar-refractivity contribution in [1.82, 2.24) is 20.1 Å². The molecule has 0 aliphatic rings. The topological polar surface area (TPSA) is 59.8 Å². The highest BCUT2D eigenvalue weighted by molar-refractivity contribution is 7.13. The molecule has 1 unspecified atom stereocenters. The van der Waals surface area contributed by atoms with Crippen LogP contribution in [0.1, 0.15) is 32.8 Å². The first-order valence-electron chi connectivity index (χ1n) is 8.97. The van der Waals surface area contributed by atoms with Crippen LogP contribution in [-0.2, 0) is 0 Å². The van der Waals surface area contributed by atoms with Crippen molar-refractivity contribution in [2.45, 2.75) is 19.9 Å². The molecule has 7 heteroatoms. The first-order valence-corrected chi connectivity index (χ1v) is 10.7. The van der Waals surface area contributed by atoms with Crippen LogP contribution in [0.5, 0.6) is 0 Å². The van der Waals surface area contributed by atoms with Crippen LogP contribution in [0, 0.1) is 13.8 Å². The molecule has 3 aromatic heterocycles. The lowest BCUT2D eigenvalue weighted by molar-refractivity contribution is 0.0945. The summed E-state index contributed by atoms with van der Waals surface area (Å²) in [5.74, 6) is -0.165. The van der Waals surface area contributed by atoms with Gasteiger partial charge in [-0.15, -0.1) is 22.7 Å². The molecule has 0 aliphatic heterocycles. The van der Waals surface area contributed by atoms with E-state index in [1.54, 1.807) is 16.7 Å². The summed E-state index contributed by atoms with van der Waals surface area (Å²) in [6.45, 7) is 4.47. The summed E-state index contributed by atoms with van der Waals surface area (Å²) in [5.41, 5.74) is 3.51. The van der Waals surface area contributed by atoms with Gasteiger partial charge in [0.05, 0.1) is 5.69 Å². The molecule has 0 bridgehead atoms. The third-order valence-corrected chi connectivity index (χ3v) is 6.29. The summed E-state index contributed by atoms with van der Waals surface area (Å²) in [4.78, 5) is 18.4. The second-order valence-corrected chi connectivity index (χ2v) is 8.35. The number of hydrogen-bond acceptors (Lipinski definition) is 5. The Bertz CT molecular complexity index is 1070. The molecule has 3 heterocycles. The maximum atomic E-state index is 12.7. The summed E-state index contributed by atoms with van der Waals surface area (Å²) in [6.07, 6.45) is 0. The number of carbonyl (C=O) groups excluding carboxylic acids is 1. The van der Waals surface area contributed by atoms with Gasteiger partial charge in [-0.2, -0.15) is 5.10 Å². The van der Waals surface area contributed by atoms with Gasteiger partial charge in [-0.3, -0.25) is 9.48 Å². The van der Waals surface area contributed by atoms with Gasteiger partial charge in [-0.25, -0.2) is 4.98 Å². The minimum absolute atomic E-state index is 0.0371. The van der Waals surface area contributed by atoms with E-state index in [0.717, 1.165) is 26.8 Å². The summed E-state index contributed by atoms with van der Waals surface area (Å²) in [7, 11) is 0. The lowest BCUT2D eigenvalue weighted by Gasteiger charge is -2.18. The Hall–Kier alpha value is -2.77. The van der Waals surface area contributed by atoms with E-state index in [9.17, 15) is 4.79 Å². The Morgan fingerprint density at radius 3 is 2.64 bits per heavy atom. The SMILES string of the molecule is Cc1cc(C)n(C(CNC(=O)c2csc(-c3ccccc3)n2)c2cccs2)n1. The number of amides is 1. The second-order valence-electron chi connectivity index (χ2n) is 6.52. The molecule has 1 aromatic carbocycles. The number of rotatable bonds is 6. The number of benzene rings is 1. The number of carbonyl (C=O) groups is 1. The Balaban J connectivity index is 1.51. The third kappa shape index (κ3) is 3.90. The molecule has 4 rings (SSSR count). The van der Waals surface area contributed by atoms with Crippen LogP contribution in [-0.4, -0.2) is 27.2 Å². The highest BCUT2D eigenvalue weighted by Crippen LogP contribution is 2.25. The average molecular weight is 409 g/mol. The van der Waals surface area contributed by atoms with Crippen LogP contribution in [0.2, 0.25) is 0 Å². The monoisotopic (exact) mass is 408 g/mol. The summed E-state index contributed by atoms with van der Waals surface area (Å²) >= 11 is 3.14. The van der Waals surface area contributed by atoms with Gasteiger partial charge < -0.3 is 5.32 Å². The quantitative estimate of drug-likeness (QED) is 0.503. The van der Waals surface area contributed by atoms with Gasteiger partial charge in [0.25, 0.3) is 5.91 Å². The molecule has 0 saturated heterocycles. The van der Waals surface area contributed by atoms with Crippen molar-refractivity contribution in [3.8, 4) is 10.6 Å². The van der Waals surface area contributed by atoms with Crippen LogP contribution >= 0.6 is 22.7 Å². The number of thiophene rings is 1. The van der Waals surface area contributed by atoms with E-state index in [2.05, 4.69) is 27.5 Å². The summed E-state index contributed by atoms with van der Waals surface area (Å²) < 4.78 is 1.98. The van der Waals surface area contributed by atoms with E-state index >= 15 is 0 Å². The number of thiazole rings is 1. The number of nitrogens with one attached hydrogen (secondary N) is 1. The van der Waals surface area contributed by atoms with Crippen LogP contribution in [0.25, 0.3) is 10.6 Å². The molecule has 4 aromatic rings. The van der Waals surface area contributed by atoms with Gasteiger partial charge >= 0.3 is 0 Å². The van der Waals surface area contributed by atoms with E-state index in [1.165, 1.54) is 11.3 Å². The average Bonchev–Trinajstić information content (AvgIpc) is 3.44. The Labute approximate surface area is 171 Å². The van der Waals surface area contributed by atoms with E-state index in [4.69, 9.17) is 0 Å². The smallest absolute Gasteiger partial charge is 0.270 e. The van der Waals surface area contributed by atoms with E-state index in [0.29, 0.717) is 12.2 Å². The molecule has 0 spiro atoms. The number of aryl methyl sites for hydroxylation is 2. The van der Waals surface area contributed by atoms with E-state index in [1.807, 2.05) is 60.3 Å². The Morgan fingerprint density at radius 1 is 1.14 bits per heavy atom. The zero-order valence-corrected chi connectivity index (χ0v) is 17.3. The first kappa shape index (κ1) is 18.6. The first-order chi connectivity index (χ1) is 13.6. The molecule has 1 amide bonds. The van der Waals surface area contributed by atoms with Gasteiger partial charge in [-0.05, 0) is 31.4 Å². The van der Waals surface area contributed by atoms with Crippen LogP contribution in [0.4, 0.5) is 0 Å². The number of hydrogen-bond donors (Lipinski definition) is 1. The normalized spacial score (nSPS) is 12.1. The number of nitrogens with zero attached hydrogens (tertiary/aromatic N) is 3. The van der Waals surface area contributed by atoms with Crippen LogP contribution in [0.15, 0.2) is 59.3 Å². The summed E-state index contributed by atoms with van der Waals surface area (Å²) in [5, 5.41) is 12.4. The van der Waals surface area contributed by atoms with Crippen LogP contribution in [0.3, 0.4) is 0 Å². The molecule has 0 fully saturated rings. The molecule has 0 aliphatic carbocycles. The molecule has 0 saturated carbocycles. The van der Waals surface area contributed by atoms with E-state index in [-0.39, 0.29) is 11.9 Å². The minimum Gasteiger partial charge on any atom is -0.348 e. The predicted octanol–water partition coefficient (Wildman–Crippen LogP) is 4.70. The maximum Gasteiger partial charge on any atom is 0.270 e. The van der Waals surface area contributed by atoms with Gasteiger partial charge in [0.1, 0.15) is 16.7 Å². The van der Waals surface area contributed by atoms with Crippen molar-refractivity contribution < 1.29 is 4.79 Å². The van der Waals surface area contributed by atoms with Crippen LogP contribution < -0.4 is 5.32 Å². The minimum atomic E-state index is -0.165. The Kier molecular flexibility index (Phi) is 5.36. The fourth-order valence-corrected chi connectivity index (χ4v) is 4.74. The van der Waals surface area contributed by atoms with Crippen molar-refractivity contribution >= 4 is 28.6 Å². The molecule has 1 N–H and O–H groups in total. The van der Waals surface area contributed by atoms with Gasteiger partial charge in [0.2, 0.25) is 0 Å². The fraction of sp³-hybridized carbons (Fsp3) is 0.190.